The lowest BCUT2D eigenvalue weighted by atomic mass is 10.2. The standard InChI is InChI=1S/C14H12BrCl2NO2/c1-20-13-3-2-8(4-12(13)19)7-18-14-10(16)5-9(15)6-11(14)17/h2-6,18-19H,7H2,1H3. The van der Waals surface area contributed by atoms with E-state index in [0.29, 0.717) is 28.0 Å². The lowest BCUT2D eigenvalue weighted by Crippen LogP contribution is -2.01. The first kappa shape index (κ1) is 15.3. The maximum atomic E-state index is 9.72. The van der Waals surface area contributed by atoms with Gasteiger partial charge in [0, 0.05) is 11.0 Å². The Balaban J connectivity index is 2.15. The van der Waals surface area contributed by atoms with Gasteiger partial charge in [-0.25, -0.2) is 0 Å². The van der Waals surface area contributed by atoms with Crippen molar-refractivity contribution >= 4 is 44.8 Å². The quantitative estimate of drug-likeness (QED) is 0.781. The van der Waals surface area contributed by atoms with Crippen molar-refractivity contribution in [1.29, 1.82) is 0 Å². The van der Waals surface area contributed by atoms with E-state index >= 15 is 0 Å². The topological polar surface area (TPSA) is 41.5 Å². The van der Waals surface area contributed by atoms with E-state index in [0.717, 1.165) is 10.0 Å². The summed E-state index contributed by atoms with van der Waals surface area (Å²) in [6.07, 6.45) is 0. The molecule has 3 nitrogen and oxygen atoms in total. The third kappa shape index (κ3) is 3.51. The van der Waals surface area contributed by atoms with Crippen molar-refractivity contribution in [3.8, 4) is 11.5 Å². The Morgan fingerprint density at radius 1 is 1.20 bits per heavy atom. The summed E-state index contributed by atoms with van der Waals surface area (Å²) < 4.78 is 5.82. The first-order valence-corrected chi connectivity index (χ1v) is 7.30. The number of phenols is 1. The highest BCUT2D eigenvalue weighted by Gasteiger charge is 2.08. The van der Waals surface area contributed by atoms with Crippen LogP contribution in [0.2, 0.25) is 10.0 Å². The van der Waals surface area contributed by atoms with Gasteiger partial charge in [0.15, 0.2) is 11.5 Å². The van der Waals surface area contributed by atoms with Crippen molar-refractivity contribution in [2.75, 3.05) is 12.4 Å². The van der Waals surface area contributed by atoms with Gasteiger partial charge in [-0.05, 0) is 29.8 Å². The molecule has 0 aliphatic heterocycles. The van der Waals surface area contributed by atoms with Gasteiger partial charge in [0.2, 0.25) is 0 Å². The average Bonchev–Trinajstić information content (AvgIpc) is 2.37. The molecule has 106 valence electrons. The maximum absolute atomic E-state index is 9.72. The number of hydrogen-bond donors (Lipinski definition) is 2. The summed E-state index contributed by atoms with van der Waals surface area (Å²) >= 11 is 15.6. The Labute approximate surface area is 135 Å². The van der Waals surface area contributed by atoms with Crippen LogP contribution in [-0.2, 0) is 6.54 Å². The van der Waals surface area contributed by atoms with Crippen LogP contribution in [0.25, 0.3) is 0 Å². The van der Waals surface area contributed by atoms with E-state index in [1.807, 2.05) is 6.07 Å². The number of aromatic hydroxyl groups is 1. The fraction of sp³-hybridized carbons (Fsp3) is 0.143. The monoisotopic (exact) mass is 375 g/mol. The number of ether oxygens (including phenoxy) is 1. The molecule has 2 rings (SSSR count). The first-order chi connectivity index (χ1) is 9.51. The molecule has 0 atom stereocenters. The van der Waals surface area contributed by atoms with Crippen LogP contribution in [-0.4, -0.2) is 12.2 Å². The number of rotatable bonds is 4. The van der Waals surface area contributed by atoms with E-state index in [4.69, 9.17) is 27.9 Å². The average molecular weight is 377 g/mol. The van der Waals surface area contributed by atoms with Crippen molar-refractivity contribution in [3.05, 3.63) is 50.4 Å². The summed E-state index contributed by atoms with van der Waals surface area (Å²) in [6, 6.07) is 8.72. The van der Waals surface area contributed by atoms with E-state index in [1.54, 1.807) is 24.3 Å². The third-order valence-corrected chi connectivity index (χ3v) is 3.77. The molecule has 20 heavy (non-hydrogen) atoms. The minimum atomic E-state index is 0.0970. The van der Waals surface area contributed by atoms with Gasteiger partial charge in [-0.1, -0.05) is 45.2 Å². The molecule has 2 aromatic rings. The van der Waals surface area contributed by atoms with Crippen LogP contribution in [0.5, 0.6) is 11.5 Å². The number of anilines is 1. The Morgan fingerprint density at radius 3 is 2.40 bits per heavy atom. The molecule has 0 saturated heterocycles. The molecule has 0 aliphatic carbocycles. The van der Waals surface area contributed by atoms with Crippen LogP contribution in [0, 0.1) is 0 Å². The zero-order valence-corrected chi connectivity index (χ0v) is 13.7. The number of hydrogen-bond acceptors (Lipinski definition) is 3. The highest BCUT2D eigenvalue weighted by Crippen LogP contribution is 2.34. The zero-order valence-electron chi connectivity index (χ0n) is 10.6. The lowest BCUT2D eigenvalue weighted by molar-refractivity contribution is 0.373. The predicted molar refractivity (Wildman–Crippen MR) is 86.1 cm³/mol. The molecule has 0 radical (unpaired) electrons. The number of halogens is 3. The van der Waals surface area contributed by atoms with Crippen LogP contribution in [0.3, 0.4) is 0 Å². The predicted octanol–water partition coefficient (Wildman–Crippen LogP) is 5.08. The summed E-state index contributed by atoms with van der Waals surface area (Å²) in [5, 5.41) is 13.9. The molecule has 0 saturated carbocycles. The molecule has 0 bridgehead atoms. The van der Waals surface area contributed by atoms with Gasteiger partial charge in [0.05, 0.1) is 22.8 Å². The lowest BCUT2D eigenvalue weighted by Gasteiger charge is -2.12. The van der Waals surface area contributed by atoms with Gasteiger partial charge >= 0.3 is 0 Å². The minimum absolute atomic E-state index is 0.0970. The van der Waals surface area contributed by atoms with Crippen LogP contribution in [0.15, 0.2) is 34.8 Å². The van der Waals surface area contributed by atoms with Gasteiger partial charge in [-0.15, -0.1) is 0 Å². The highest BCUT2D eigenvalue weighted by molar-refractivity contribution is 9.10. The zero-order chi connectivity index (χ0) is 14.7. The Morgan fingerprint density at radius 2 is 1.85 bits per heavy atom. The minimum Gasteiger partial charge on any atom is -0.504 e. The van der Waals surface area contributed by atoms with E-state index in [9.17, 15) is 5.11 Å². The van der Waals surface area contributed by atoms with Crippen molar-refractivity contribution in [2.24, 2.45) is 0 Å². The molecule has 2 aromatic carbocycles. The molecule has 0 amide bonds. The molecular weight excluding hydrogens is 365 g/mol. The first-order valence-electron chi connectivity index (χ1n) is 5.75. The smallest absolute Gasteiger partial charge is 0.160 e. The molecule has 0 aromatic heterocycles. The van der Waals surface area contributed by atoms with Gasteiger partial charge in [-0.3, -0.25) is 0 Å². The Hall–Kier alpha value is -1.10. The molecule has 6 heteroatoms. The van der Waals surface area contributed by atoms with Crippen LogP contribution in [0.4, 0.5) is 5.69 Å². The van der Waals surface area contributed by atoms with Gasteiger partial charge < -0.3 is 15.2 Å². The fourth-order valence-corrected chi connectivity index (χ4v) is 3.09. The third-order valence-electron chi connectivity index (χ3n) is 2.72. The SMILES string of the molecule is COc1ccc(CNc2c(Cl)cc(Br)cc2Cl)cc1O. The summed E-state index contributed by atoms with van der Waals surface area (Å²) in [5.74, 6) is 0.535. The van der Waals surface area contributed by atoms with Crippen molar-refractivity contribution in [3.63, 3.8) is 0 Å². The van der Waals surface area contributed by atoms with Gasteiger partial charge in [0.1, 0.15) is 0 Å². The molecule has 0 spiro atoms. The Bertz CT molecular complexity index is 612. The number of benzene rings is 2. The Kier molecular flexibility index (Phi) is 5.02. The molecular formula is C14H12BrCl2NO2. The van der Waals surface area contributed by atoms with Crippen LogP contribution >= 0.6 is 39.1 Å². The van der Waals surface area contributed by atoms with E-state index < -0.39 is 0 Å². The van der Waals surface area contributed by atoms with E-state index in [1.165, 1.54) is 7.11 Å². The summed E-state index contributed by atoms with van der Waals surface area (Å²) in [5.41, 5.74) is 1.55. The van der Waals surface area contributed by atoms with Crippen LogP contribution in [0.1, 0.15) is 5.56 Å². The molecule has 2 N–H and O–H groups in total. The van der Waals surface area contributed by atoms with E-state index in [2.05, 4.69) is 21.2 Å². The normalized spacial score (nSPS) is 10.4. The number of phenolic OH excluding ortho intramolecular Hbond substituents is 1. The van der Waals surface area contributed by atoms with Gasteiger partial charge in [0.25, 0.3) is 0 Å². The van der Waals surface area contributed by atoms with Crippen molar-refractivity contribution in [1.82, 2.24) is 0 Å². The van der Waals surface area contributed by atoms with Crippen molar-refractivity contribution in [2.45, 2.75) is 6.54 Å². The molecule has 0 heterocycles. The molecule has 0 aliphatic rings. The number of nitrogens with one attached hydrogen (secondary N) is 1. The van der Waals surface area contributed by atoms with E-state index in [-0.39, 0.29) is 5.75 Å². The van der Waals surface area contributed by atoms with Gasteiger partial charge in [-0.2, -0.15) is 0 Å². The van der Waals surface area contributed by atoms with Crippen molar-refractivity contribution < 1.29 is 9.84 Å². The highest BCUT2D eigenvalue weighted by atomic mass is 79.9. The summed E-state index contributed by atoms with van der Waals surface area (Å²) in [7, 11) is 1.51. The fourth-order valence-electron chi connectivity index (χ4n) is 1.75. The maximum Gasteiger partial charge on any atom is 0.160 e. The molecule has 0 unspecified atom stereocenters. The molecule has 0 fully saturated rings. The second-order valence-electron chi connectivity index (χ2n) is 4.10. The summed E-state index contributed by atoms with van der Waals surface area (Å²) in [6.45, 7) is 0.485. The second-order valence-corrected chi connectivity index (χ2v) is 5.83. The summed E-state index contributed by atoms with van der Waals surface area (Å²) in [4.78, 5) is 0. The van der Waals surface area contributed by atoms with Crippen LogP contribution < -0.4 is 10.1 Å². The number of methoxy groups -OCH3 is 1. The second kappa shape index (κ2) is 6.57. The largest absolute Gasteiger partial charge is 0.504 e.